The molecule has 0 aliphatic heterocycles. The molecular formula is C12H13Br2F4N. The van der Waals surface area contributed by atoms with Gasteiger partial charge in [0.2, 0.25) is 0 Å². The molecule has 0 aliphatic carbocycles. The van der Waals surface area contributed by atoms with Gasteiger partial charge in [-0.25, -0.2) is 8.78 Å². The third kappa shape index (κ3) is 4.16. The van der Waals surface area contributed by atoms with Crippen LogP contribution < -0.4 is 5.32 Å². The SMILES string of the molecule is CCCNC(c1cc(Br)ccc1Br)C(F)(F)C(F)F. The van der Waals surface area contributed by atoms with Crippen LogP contribution in [0.3, 0.4) is 0 Å². The predicted octanol–water partition coefficient (Wildman–Crippen LogP) is 5.15. The summed E-state index contributed by atoms with van der Waals surface area (Å²) >= 11 is 6.28. The summed E-state index contributed by atoms with van der Waals surface area (Å²) in [5, 5.41) is 2.49. The van der Waals surface area contributed by atoms with Crippen LogP contribution in [-0.2, 0) is 0 Å². The van der Waals surface area contributed by atoms with E-state index in [1.807, 2.05) is 0 Å². The molecule has 0 spiro atoms. The predicted molar refractivity (Wildman–Crippen MR) is 73.8 cm³/mol. The van der Waals surface area contributed by atoms with Gasteiger partial charge in [0.05, 0.1) is 0 Å². The molecule has 1 aromatic rings. The molecule has 0 aromatic heterocycles. The zero-order valence-electron chi connectivity index (χ0n) is 10.1. The number of alkyl halides is 4. The molecule has 7 heteroatoms. The molecular weight excluding hydrogens is 394 g/mol. The van der Waals surface area contributed by atoms with E-state index in [0.717, 1.165) is 0 Å². The van der Waals surface area contributed by atoms with E-state index in [1.165, 1.54) is 6.07 Å². The van der Waals surface area contributed by atoms with Crippen molar-refractivity contribution in [2.75, 3.05) is 6.54 Å². The number of rotatable bonds is 6. The van der Waals surface area contributed by atoms with Gasteiger partial charge in [0, 0.05) is 8.95 Å². The quantitative estimate of drug-likeness (QED) is 0.644. The second-order valence-electron chi connectivity index (χ2n) is 4.03. The van der Waals surface area contributed by atoms with E-state index in [4.69, 9.17) is 0 Å². The van der Waals surface area contributed by atoms with Crippen LogP contribution in [0.5, 0.6) is 0 Å². The minimum atomic E-state index is -4.14. The first-order valence-corrected chi connectivity index (χ1v) is 7.23. The van der Waals surface area contributed by atoms with Gasteiger partial charge in [-0.2, -0.15) is 8.78 Å². The van der Waals surface area contributed by atoms with Gasteiger partial charge in [-0.05, 0) is 36.7 Å². The first-order valence-electron chi connectivity index (χ1n) is 5.65. The van der Waals surface area contributed by atoms with Crippen LogP contribution in [0.1, 0.15) is 24.9 Å². The molecule has 0 amide bonds. The monoisotopic (exact) mass is 405 g/mol. The molecule has 0 heterocycles. The number of halogens is 6. The van der Waals surface area contributed by atoms with Gasteiger partial charge in [0.15, 0.2) is 0 Å². The fraction of sp³-hybridized carbons (Fsp3) is 0.500. The maximum atomic E-state index is 13.7. The van der Waals surface area contributed by atoms with Crippen molar-refractivity contribution >= 4 is 31.9 Å². The van der Waals surface area contributed by atoms with Crippen molar-refractivity contribution in [2.45, 2.75) is 31.7 Å². The topological polar surface area (TPSA) is 12.0 Å². The minimum Gasteiger partial charge on any atom is -0.305 e. The van der Waals surface area contributed by atoms with E-state index in [2.05, 4.69) is 37.2 Å². The van der Waals surface area contributed by atoms with E-state index in [1.54, 1.807) is 19.1 Å². The van der Waals surface area contributed by atoms with Gasteiger partial charge in [-0.3, -0.25) is 0 Å². The van der Waals surface area contributed by atoms with Crippen LogP contribution in [0.4, 0.5) is 17.6 Å². The van der Waals surface area contributed by atoms with Gasteiger partial charge >= 0.3 is 12.3 Å². The Hall–Kier alpha value is -0.140. The average molecular weight is 407 g/mol. The summed E-state index contributed by atoms with van der Waals surface area (Å²) < 4.78 is 53.5. The van der Waals surface area contributed by atoms with E-state index in [-0.39, 0.29) is 12.1 Å². The molecule has 1 atom stereocenters. The molecule has 0 saturated carbocycles. The third-order valence-corrected chi connectivity index (χ3v) is 3.76. The molecule has 0 radical (unpaired) electrons. The second kappa shape index (κ2) is 7.04. The van der Waals surface area contributed by atoms with Crippen LogP contribution in [-0.4, -0.2) is 18.9 Å². The lowest BCUT2D eigenvalue weighted by molar-refractivity contribution is -0.151. The molecule has 0 aliphatic rings. The highest BCUT2D eigenvalue weighted by Crippen LogP contribution is 2.40. The van der Waals surface area contributed by atoms with Gasteiger partial charge in [0.1, 0.15) is 6.04 Å². The Kier molecular flexibility index (Phi) is 6.26. The Balaban J connectivity index is 3.19. The summed E-state index contributed by atoms with van der Waals surface area (Å²) in [6, 6.07) is 2.86. The summed E-state index contributed by atoms with van der Waals surface area (Å²) in [5.41, 5.74) is 0.105. The highest BCUT2D eigenvalue weighted by molar-refractivity contribution is 9.11. The molecule has 0 bridgehead atoms. The largest absolute Gasteiger partial charge is 0.326 e. The molecule has 0 saturated heterocycles. The lowest BCUT2D eigenvalue weighted by Crippen LogP contribution is -2.43. The van der Waals surface area contributed by atoms with Crippen LogP contribution in [0.25, 0.3) is 0 Å². The lowest BCUT2D eigenvalue weighted by Gasteiger charge is -2.28. The van der Waals surface area contributed by atoms with E-state index >= 15 is 0 Å². The zero-order valence-corrected chi connectivity index (χ0v) is 13.2. The molecule has 1 unspecified atom stereocenters. The van der Waals surface area contributed by atoms with E-state index < -0.39 is 18.4 Å². The Bertz CT molecular complexity index is 426. The van der Waals surface area contributed by atoms with Crippen molar-refractivity contribution in [3.63, 3.8) is 0 Å². The van der Waals surface area contributed by atoms with Crippen LogP contribution in [0.15, 0.2) is 27.1 Å². The van der Waals surface area contributed by atoms with E-state index in [0.29, 0.717) is 15.4 Å². The maximum Gasteiger partial charge on any atom is 0.326 e. The van der Waals surface area contributed by atoms with E-state index in [9.17, 15) is 17.6 Å². The standard InChI is InChI=1S/C12H13Br2F4N/c1-2-5-19-10(12(17,18)11(15)16)8-6-7(13)3-4-9(8)14/h3-4,6,10-11,19H,2,5H2,1H3. The Labute approximate surface area is 126 Å². The smallest absolute Gasteiger partial charge is 0.305 e. The molecule has 108 valence electrons. The highest BCUT2D eigenvalue weighted by Gasteiger charge is 2.49. The fourth-order valence-corrected chi connectivity index (χ4v) is 2.46. The highest BCUT2D eigenvalue weighted by atomic mass is 79.9. The first-order chi connectivity index (χ1) is 8.80. The van der Waals surface area contributed by atoms with Crippen molar-refractivity contribution in [1.29, 1.82) is 0 Å². The molecule has 1 rings (SSSR count). The van der Waals surface area contributed by atoms with Crippen molar-refractivity contribution in [3.8, 4) is 0 Å². The summed E-state index contributed by atoms with van der Waals surface area (Å²) in [4.78, 5) is 0. The third-order valence-electron chi connectivity index (χ3n) is 2.54. The minimum absolute atomic E-state index is 0.105. The molecule has 0 fully saturated rings. The summed E-state index contributed by atoms with van der Waals surface area (Å²) in [5.74, 6) is -4.14. The van der Waals surface area contributed by atoms with Crippen LogP contribution >= 0.6 is 31.9 Å². The number of hydrogen-bond acceptors (Lipinski definition) is 1. The van der Waals surface area contributed by atoms with Crippen molar-refractivity contribution in [2.24, 2.45) is 0 Å². The van der Waals surface area contributed by atoms with Gasteiger partial charge in [-0.1, -0.05) is 38.8 Å². The zero-order chi connectivity index (χ0) is 14.6. The average Bonchev–Trinajstić information content (AvgIpc) is 2.33. The second-order valence-corrected chi connectivity index (χ2v) is 5.80. The number of nitrogens with one attached hydrogen (secondary N) is 1. The molecule has 1 nitrogen and oxygen atoms in total. The van der Waals surface area contributed by atoms with Gasteiger partial charge in [-0.15, -0.1) is 0 Å². The normalized spacial score (nSPS) is 13.9. The van der Waals surface area contributed by atoms with Gasteiger partial charge in [0.25, 0.3) is 0 Å². The van der Waals surface area contributed by atoms with Crippen LogP contribution in [0, 0.1) is 0 Å². The lowest BCUT2D eigenvalue weighted by atomic mass is 10.0. The van der Waals surface area contributed by atoms with Crippen molar-refractivity contribution in [1.82, 2.24) is 5.32 Å². The summed E-state index contributed by atoms with van der Waals surface area (Å²) in [7, 11) is 0. The summed E-state index contributed by atoms with van der Waals surface area (Å²) in [6.07, 6.45) is -3.16. The van der Waals surface area contributed by atoms with Crippen molar-refractivity contribution < 1.29 is 17.6 Å². The molecule has 1 N–H and O–H groups in total. The molecule has 1 aromatic carbocycles. The Morgan fingerprint density at radius 2 is 1.89 bits per heavy atom. The first kappa shape index (κ1) is 16.9. The fourth-order valence-electron chi connectivity index (χ4n) is 1.60. The van der Waals surface area contributed by atoms with Crippen molar-refractivity contribution in [3.05, 3.63) is 32.7 Å². The summed E-state index contributed by atoms with van der Waals surface area (Å²) in [6.45, 7) is 2.01. The number of hydrogen-bond donors (Lipinski definition) is 1. The van der Waals surface area contributed by atoms with Gasteiger partial charge < -0.3 is 5.32 Å². The van der Waals surface area contributed by atoms with Crippen LogP contribution in [0.2, 0.25) is 0 Å². The Morgan fingerprint density at radius 3 is 2.42 bits per heavy atom. The maximum absolute atomic E-state index is 13.7. The Morgan fingerprint density at radius 1 is 1.26 bits per heavy atom. The molecule has 19 heavy (non-hydrogen) atoms. The number of benzene rings is 1.